The van der Waals surface area contributed by atoms with Crippen LogP contribution >= 0.6 is 0 Å². The summed E-state index contributed by atoms with van der Waals surface area (Å²) in [6, 6.07) is 19.0. The monoisotopic (exact) mass is 371 g/mol. The molecule has 3 nitrogen and oxygen atoms in total. The molecule has 0 saturated heterocycles. The minimum Gasteiger partial charge on any atom is -0.350 e. The van der Waals surface area contributed by atoms with Gasteiger partial charge in [-0.3, -0.25) is 9.59 Å². The van der Waals surface area contributed by atoms with Crippen LogP contribution in [0.15, 0.2) is 84.2 Å². The number of allylic oxidation sites excluding steroid dienone is 2. The van der Waals surface area contributed by atoms with Crippen molar-refractivity contribution in [2.75, 3.05) is 0 Å². The van der Waals surface area contributed by atoms with Gasteiger partial charge in [-0.1, -0.05) is 79.9 Å². The minimum atomic E-state index is 0.00729. The van der Waals surface area contributed by atoms with E-state index in [1.165, 1.54) is 19.3 Å². The fourth-order valence-electron chi connectivity index (χ4n) is 4.11. The summed E-state index contributed by atoms with van der Waals surface area (Å²) < 4.78 is 0. The first kappa shape index (κ1) is 18.4. The highest BCUT2D eigenvalue weighted by atomic mass is 16.1. The Morgan fingerprint density at radius 2 is 1.14 bits per heavy atom. The van der Waals surface area contributed by atoms with Crippen LogP contribution < -0.4 is 0 Å². The third-order valence-corrected chi connectivity index (χ3v) is 5.64. The van der Waals surface area contributed by atoms with Gasteiger partial charge in [-0.2, -0.15) is 0 Å². The quantitative estimate of drug-likeness (QED) is 0.646. The van der Waals surface area contributed by atoms with Crippen molar-refractivity contribution in [2.24, 2.45) is 0 Å². The highest BCUT2D eigenvalue weighted by Crippen LogP contribution is 2.30. The molecular weight excluding hydrogens is 346 g/mol. The summed E-state index contributed by atoms with van der Waals surface area (Å²) in [5, 5.41) is 0. The molecule has 0 radical (unpaired) electrons. The molecule has 0 atom stereocenters. The number of carbonyl (C=O) groups is 2. The van der Waals surface area contributed by atoms with Crippen molar-refractivity contribution >= 4 is 11.6 Å². The van der Waals surface area contributed by atoms with E-state index in [0.29, 0.717) is 34.7 Å². The average Bonchev–Trinajstić information content (AvgIpc) is 2.79. The van der Waals surface area contributed by atoms with Crippen LogP contribution in [0.4, 0.5) is 0 Å². The smallest absolute Gasteiger partial charge is 0.190 e. The maximum atomic E-state index is 13.1. The van der Waals surface area contributed by atoms with E-state index in [2.05, 4.69) is 4.90 Å². The molecule has 1 saturated carbocycles. The molecule has 28 heavy (non-hydrogen) atoms. The maximum Gasteiger partial charge on any atom is 0.190 e. The molecule has 0 bridgehead atoms. The Kier molecular flexibility index (Phi) is 5.52. The minimum absolute atomic E-state index is 0.00729. The first-order valence-corrected chi connectivity index (χ1v) is 10.1. The van der Waals surface area contributed by atoms with Gasteiger partial charge in [-0.15, -0.1) is 0 Å². The lowest BCUT2D eigenvalue weighted by Crippen LogP contribution is -2.32. The molecule has 0 amide bonds. The van der Waals surface area contributed by atoms with Gasteiger partial charge < -0.3 is 4.90 Å². The van der Waals surface area contributed by atoms with Crippen molar-refractivity contribution in [2.45, 2.75) is 44.6 Å². The van der Waals surface area contributed by atoms with Crippen molar-refractivity contribution < 1.29 is 9.59 Å². The van der Waals surface area contributed by atoms with Gasteiger partial charge >= 0.3 is 0 Å². The second-order valence-corrected chi connectivity index (χ2v) is 7.61. The molecule has 1 aliphatic heterocycles. The van der Waals surface area contributed by atoms with Gasteiger partial charge in [-0.25, -0.2) is 0 Å². The molecule has 1 heterocycles. The number of nitrogens with zero attached hydrogens (tertiary/aromatic N) is 1. The number of hydrogen-bond donors (Lipinski definition) is 0. The molecule has 1 fully saturated rings. The summed E-state index contributed by atoms with van der Waals surface area (Å²) in [4.78, 5) is 28.3. The van der Waals surface area contributed by atoms with Gasteiger partial charge in [0.25, 0.3) is 0 Å². The van der Waals surface area contributed by atoms with Crippen LogP contribution in [0, 0.1) is 0 Å². The van der Waals surface area contributed by atoms with Gasteiger partial charge in [0, 0.05) is 47.1 Å². The van der Waals surface area contributed by atoms with Crippen molar-refractivity contribution in [1.29, 1.82) is 0 Å². The van der Waals surface area contributed by atoms with E-state index in [4.69, 9.17) is 0 Å². The molecule has 0 N–H and O–H groups in total. The number of benzene rings is 2. The Morgan fingerprint density at radius 1 is 0.679 bits per heavy atom. The highest BCUT2D eigenvalue weighted by Gasteiger charge is 2.27. The highest BCUT2D eigenvalue weighted by molar-refractivity contribution is 6.13. The zero-order chi connectivity index (χ0) is 19.3. The standard InChI is InChI=1S/C25H25NO2/c27-24(19-10-4-1-5-11-19)21-16-22(25(28)20-12-6-2-7-13-20)18-26(17-21)23-14-8-3-9-15-23/h1-2,4-7,10-13,17-18,23H,3,8-9,14-16H2. The third-order valence-electron chi connectivity index (χ3n) is 5.64. The lowest BCUT2D eigenvalue weighted by Gasteiger charge is -2.34. The lowest BCUT2D eigenvalue weighted by atomic mass is 9.89. The largest absolute Gasteiger partial charge is 0.350 e. The Hall–Kier alpha value is -2.94. The Labute approximate surface area is 166 Å². The Bertz CT molecular complexity index is 839. The topological polar surface area (TPSA) is 37.4 Å². The molecule has 2 aromatic carbocycles. The number of rotatable bonds is 5. The van der Waals surface area contributed by atoms with E-state index in [9.17, 15) is 9.59 Å². The fraction of sp³-hybridized carbons (Fsp3) is 0.280. The van der Waals surface area contributed by atoms with Crippen molar-refractivity contribution in [3.05, 3.63) is 95.3 Å². The predicted octanol–water partition coefficient (Wildman–Crippen LogP) is 5.56. The number of hydrogen-bond acceptors (Lipinski definition) is 3. The predicted molar refractivity (Wildman–Crippen MR) is 111 cm³/mol. The van der Waals surface area contributed by atoms with Gasteiger partial charge in [0.05, 0.1) is 0 Å². The molecule has 2 aliphatic rings. The first-order chi connectivity index (χ1) is 13.7. The summed E-state index contributed by atoms with van der Waals surface area (Å²) in [6.07, 6.45) is 10.2. The van der Waals surface area contributed by atoms with E-state index in [0.717, 1.165) is 12.8 Å². The molecule has 2 aromatic rings. The fourth-order valence-corrected chi connectivity index (χ4v) is 4.11. The average molecular weight is 371 g/mol. The van der Waals surface area contributed by atoms with Crippen LogP contribution in [0.3, 0.4) is 0 Å². The van der Waals surface area contributed by atoms with Crippen LogP contribution in [-0.4, -0.2) is 22.5 Å². The number of ketones is 2. The van der Waals surface area contributed by atoms with Crippen molar-refractivity contribution in [3.8, 4) is 0 Å². The molecule has 1 aliphatic carbocycles. The Balaban J connectivity index is 1.66. The summed E-state index contributed by atoms with van der Waals surface area (Å²) >= 11 is 0. The second kappa shape index (κ2) is 8.39. The Morgan fingerprint density at radius 3 is 1.61 bits per heavy atom. The van der Waals surface area contributed by atoms with Crippen LogP contribution in [0.5, 0.6) is 0 Å². The SMILES string of the molecule is O=C(C1=CN(C2CCCCC2)C=C(C(=O)c2ccccc2)C1)c1ccccc1. The summed E-state index contributed by atoms with van der Waals surface area (Å²) in [5.74, 6) is 0.0146. The van der Waals surface area contributed by atoms with Crippen LogP contribution in [0.2, 0.25) is 0 Å². The van der Waals surface area contributed by atoms with Crippen LogP contribution in [0.1, 0.15) is 59.2 Å². The maximum absolute atomic E-state index is 13.1. The zero-order valence-electron chi connectivity index (χ0n) is 16.0. The first-order valence-electron chi connectivity index (χ1n) is 10.1. The van der Waals surface area contributed by atoms with E-state index >= 15 is 0 Å². The van der Waals surface area contributed by atoms with Crippen LogP contribution in [0.25, 0.3) is 0 Å². The second-order valence-electron chi connectivity index (χ2n) is 7.61. The van der Waals surface area contributed by atoms with Gasteiger partial charge in [0.15, 0.2) is 11.6 Å². The zero-order valence-corrected chi connectivity index (χ0v) is 16.0. The molecule has 4 rings (SSSR count). The van der Waals surface area contributed by atoms with E-state index < -0.39 is 0 Å². The van der Waals surface area contributed by atoms with Crippen molar-refractivity contribution in [3.63, 3.8) is 0 Å². The third kappa shape index (κ3) is 3.99. The summed E-state index contributed by atoms with van der Waals surface area (Å²) in [7, 11) is 0. The van der Waals surface area contributed by atoms with Crippen LogP contribution in [-0.2, 0) is 0 Å². The van der Waals surface area contributed by atoms with Gasteiger partial charge in [0.2, 0.25) is 0 Å². The molecule has 0 aromatic heterocycles. The van der Waals surface area contributed by atoms with Gasteiger partial charge in [-0.05, 0) is 12.8 Å². The van der Waals surface area contributed by atoms with E-state index in [-0.39, 0.29) is 11.6 Å². The van der Waals surface area contributed by atoms with Crippen molar-refractivity contribution in [1.82, 2.24) is 4.90 Å². The summed E-state index contributed by atoms with van der Waals surface area (Å²) in [5.41, 5.74) is 2.73. The molecule has 0 spiro atoms. The summed E-state index contributed by atoms with van der Waals surface area (Å²) in [6.45, 7) is 0. The molecular formula is C25H25NO2. The number of Topliss-reactive ketones (excluding diaryl/α,β-unsaturated/α-hetero) is 2. The van der Waals surface area contributed by atoms with Gasteiger partial charge in [0.1, 0.15) is 0 Å². The number of carbonyl (C=O) groups excluding carboxylic acids is 2. The molecule has 3 heteroatoms. The molecule has 142 valence electrons. The normalized spacial score (nSPS) is 17.6. The van der Waals surface area contributed by atoms with E-state index in [1.54, 1.807) is 0 Å². The molecule has 0 unspecified atom stereocenters. The van der Waals surface area contributed by atoms with E-state index in [1.807, 2.05) is 73.1 Å². The lowest BCUT2D eigenvalue weighted by molar-refractivity contribution is 0.101.